The Kier molecular flexibility index (Phi) is 5.71. The van der Waals surface area contributed by atoms with Crippen LogP contribution in [0.3, 0.4) is 0 Å². The van der Waals surface area contributed by atoms with Crippen LogP contribution in [0.1, 0.15) is 46.3 Å². The third-order valence-corrected chi connectivity index (χ3v) is 6.15. The minimum atomic E-state index is -1.04. The number of nitrogens with one attached hydrogen (secondary N) is 2. The Labute approximate surface area is 191 Å². The van der Waals surface area contributed by atoms with Gasteiger partial charge in [0.15, 0.2) is 0 Å². The highest BCUT2D eigenvalue weighted by atomic mass is 16.4. The number of piperidine rings is 1. The van der Waals surface area contributed by atoms with Crippen LogP contribution in [0.25, 0.3) is 11.3 Å². The van der Waals surface area contributed by atoms with Gasteiger partial charge in [-0.2, -0.15) is 0 Å². The number of carbonyl (C=O) groups excluding carboxylic acids is 1. The highest BCUT2D eigenvalue weighted by Gasteiger charge is 2.29. The zero-order valence-electron chi connectivity index (χ0n) is 18.1. The van der Waals surface area contributed by atoms with E-state index in [9.17, 15) is 14.7 Å². The first-order valence-corrected chi connectivity index (χ1v) is 11.1. The molecule has 0 bridgehead atoms. The highest BCUT2D eigenvalue weighted by Crippen LogP contribution is 2.38. The molecule has 2 aromatic carbocycles. The van der Waals surface area contributed by atoms with Crippen molar-refractivity contribution >= 4 is 34.5 Å². The van der Waals surface area contributed by atoms with E-state index in [0.29, 0.717) is 28.1 Å². The van der Waals surface area contributed by atoms with Crippen molar-refractivity contribution in [3.05, 3.63) is 83.3 Å². The lowest BCUT2D eigenvalue weighted by molar-refractivity contribution is -0.110. The number of furan rings is 1. The third-order valence-electron chi connectivity index (χ3n) is 6.15. The van der Waals surface area contributed by atoms with Crippen LogP contribution in [-0.4, -0.2) is 35.0 Å². The van der Waals surface area contributed by atoms with Crippen LogP contribution >= 0.6 is 0 Å². The Hall–Kier alpha value is -3.84. The summed E-state index contributed by atoms with van der Waals surface area (Å²) < 4.78 is 5.28. The van der Waals surface area contributed by atoms with Crippen LogP contribution in [0.15, 0.2) is 65.5 Å². The van der Waals surface area contributed by atoms with Gasteiger partial charge in [-0.15, -0.1) is 0 Å². The van der Waals surface area contributed by atoms with Gasteiger partial charge in [0, 0.05) is 29.0 Å². The number of carbonyl (C=O) groups is 2. The van der Waals surface area contributed by atoms with Gasteiger partial charge in [0.2, 0.25) is 0 Å². The molecule has 2 aliphatic rings. The molecule has 0 spiro atoms. The molecule has 1 saturated heterocycles. The minimum Gasteiger partial charge on any atom is -0.478 e. The lowest BCUT2D eigenvalue weighted by Crippen LogP contribution is -2.29. The van der Waals surface area contributed by atoms with Gasteiger partial charge in [-0.1, -0.05) is 18.6 Å². The summed E-state index contributed by atoms with van der Waals surface area (Å²) in [5.74, 6) is -1.34. The van der Waals surface area contributed by atoms with E-state index in [2.05, 4.69) is 27.7 Å². The van der Waals surface area contributed by atoms with E-state index in [1.807, 2.05) is 12.1 Å². The van der Waals surface area contributed by atoms with Crippen molar-refractivity contribution in [2.24, 2.45) is 0 Å². The monoisotopic (exact) mass is 443 g/mol. The molecular weight excluding hydrogens is 418 g/mol. The van der Waals surface area contributed by atoms with E-state index >= 15 is 0 Å². The number of aromatic carboxylic acids is 1. The Morgan fingerprint density at radius 1 is 1.03 bits per heavy atom. The van der Waals surface area contributed by atoms with Gasteiger partial charge in [0.25, 0.3) is 5.91 Å². The molecule has 0 unspecified atom stereocenters. The molecule has 33 heavy (non-hydrogen) atoms. The van der Waals surface area contributed by atoms with Crippen molar-refractivity contribution in [3.63, 3.8) is 0 Å². The van der Waals surface area contributed by atoms with Crippen molar-refractivity contribution in [3.8, 4) is 0 Å². The smallest absolute Gasteiger partial charge is 0.335 e. The Morgan fingerprint density at radius 2 is 1.82 bits per heavy atom. The van der Waals surface area contributed by atoms with Gasteiger partial charge >= 0.3 is 5.97 Å². The lowest BCUT2D eigenvalue weighted by Gasteiger charge is -2.26. The normalized spacial score (nSPS) is 17.4. The van der Waals surface area contributed by atoms with Gasteiger partial charge < -0.3 is 20.2 Å². The predicted molar refractivity (Wildman–Crippen MR) is 127 cm³/mol. The van der Waals surface area contributed by atoms with Crippen molar-refractivity contribution in [2.75, 3.05) is 23.7 Å². The van der Waals surface area contributed by atoms with E-state index in [4.69, 9.17) is 4.42 Å². The summed E-state index contributed by atoms with van der Waals surface area (Å²) in [5.41, 5.74) is 4.97. The molecule has 7 nitrogen and oxygen atoms in total. The van der Waals surface area contributed by atoms with Crippen molar-refractivity contribution < 1.29 is 19.1 Å². The van der Waals surface area contributed by atoms with Crippen molar-refractivity contribution in [2.45, 2.75) is 25.8 Å². The zero-order chi connectivity index (χ0) is 22.8. The van der Waals surface area contributed by atoms with E-state index < -0.39 is 5.97 Å². The summed E-state index contributed by atoms with van der Waals surface area (Å²) in [6, 6.07) is 14.6. The first-order valence-electron chi connectivity index (χ1n) is 11.1. The summed E-state index contributed by atoms with van der Waals surface area (Å²) in [4.78, 5) is 26.9. The Balaban J connectivity index is 1.48. The molecule has 2 aliphatic heterocycles. The van der Waals surface area contributed by atoms with E-state index in [1.54, 1.807) is 24.7 Å². The summed E-state index contributed by atoms with van der Waals surface area (Å²) in [5, 5.41) is 15.6. The van der Waals surface area contributed by atoms with Crippen LogP contribution in [0.5, 0.6) is 0 Å². The summed E-state index contributed by atoms with van der Waals surface area (Å²) in [7, 11) is 0. The molecule has 0 saturated carbocycles. The number of hydrogen-bond donors (Lipinski definition) is 3. The highest BCUT2D eigenvalue weighted by molar-refractivity contribution is 6.37. The second-order valence-electron chi connectivity index (χ2n) is 8.44. The number of benzene rings is 2. The molecule has 0 radical (unpaired) electrons. The molecule has 1 fully saturated rings. The van der Waals surface area contributed by atoms with Crippen LogP contribution in [0, 0.1) is 0 Å². The average Bonchev–Trinajstić information content (AvgIpc) is 3.46. The molecule has 1 amide bonds. The second-order valence-corrected chi connectivity index (χ2v) is 8.44. The second kappa shape index (κ2) is 8.96. The fraction of sp³-hybridized carbons (Fsp3) is 0.231. The molecule has 0 aliphatic carbocycles. The summed E-state index contributed by atoms with van der Waals surface area (Å²) in [6.45, 7) is 3.22. The van der Waals surface area contributed by atoms with Crippen LogP contribution < -0.4 is 10.6 Å². The van der Waals surface area contributed by atoms with Crippen molar-refractivity contribution in [1.82, 2.24) is 4.90 Å². The van der Waals surface area contributed by atoms with E-state index in [1.165, 1.54) is 37.0 Å². The fourth-order valence-corrected chi connectivity index (χ4v) is 4.45. The molecule has 3 N–H and O–H groups in total. The molecule has 3 aromatic rings. The molecule has 3 heterocycles. The number of hydrogen-bond acceptors (Lipinski definition) is 5. The Bertz CT molecular complexity index is 1210. The molecule has 5 rings (SSSR count). The van der Waals surface area contributed by atoms with Crippen molar-refractivity contribution in [1.29, 1.82) is 0 Å². The number of nitrogens with zero attached hydrogens (tertiary/aromatic N) is 1. The number of carboxylic acid groups (broad SMARTS) is 1. The maximum atomic E-state index is 12.9. The maximum absolute atomic E-state index is 12.9. The number of amides is 1. The van der Waals surface area contributed by atoms with E-state index in [0.717, 1.165) is 25.3 Å². The molecule has 1 aromatic heterocycles. The average molecular weight is 444 g/mol. The van der Waals surface area contributed by atoms with Crippen LogP contribution in [-0.2, 0) is 11.3 Å². The van der Waals surface area contributed by atoms with Gasteiger partial charge in [0.05, 0.1) is 29.4 Å². The lowest BCUT2D eigenvalue weighted by atomic mass is 9.99. The number of fused-ring (bicyclic) bond motifs is 1. The summed E-state index contributed by atoms with van der Waals surface area (Å²) >= 11 is 0. The van der Waals surface area contributed by atoms with E-state index in [-0.39, 0.29) is 11.5 Å². The zero-order valence-corrected chi connectivity index (χ0v) is 18.1. The number of carboxylic acids is 1. The minimum absolute atomic E-state index is 0.122. The SMILES string of the molecule is O=C1Nc2ccc(C(=O)O)cc2/C1=C(/Nc1ccc(CN2CCCCC2)cc1)c1ccoc1. The van der Waals surface area contributed by atoms with Crippen LogP contribution in [0.2, 0.25) is 0 Å². The van der Waals surface area contributed by atoms with Gasteiger partial charge in [-0.05, 0) is 67.9 Å². The van der Waals surface area contributed by atoms with Gasteiger partial charge in [-0.25, -0.2) is 4.79 Å². The molecule has 0 atom stereocenters. The Morgan fingerprint density at radius 3 is 2.52 bits per heavy atom. The number of rotatable bonds is 6. The first kappa shape index (κ1) is 21.0. The van der Waals surface area contributed by atoms with Crippen LogP contribution in [0.4, 0.5) is 11.4 Å². The summed E-state index contributed by atoms with van der Waals surface area (Å²) in [6.07, 6.45) is 6.94. The maximum Gasteiger partial charge on any atom is 0.335 e. The standard InChI is InChI=1S/C26H25N3O4/c30-25-23(21-14-18(26(31)32)6-9-22(21)28-25)24(19-10-13-33-16-19)27-20-7-4-17(5-8-20)15-29-11-2-1-3-12-29/h4-10,13-14,16,27H,1-3,11-12,15H2,(H,28,30)(H,31,32)/b24-23-. The number of anilines is 2. The topological polar surface area (TPSA) is 94.8 Å². The molecule has 7 heteroatoms. The van der Waals surface area contributed by atoms with Gasteiger partial charge in [-0.3, -0.25) is 9.69 Å². The van der Waals surface area contributed by atoms with Gasteiger partial charge in [0.1, 0.15) is 0 Å². The fourth-order valence-electron chi connectivity index (χ4n) is 4.45. The predicted octanol–water partition coefficient (Wildman–Crippen LogP) is 4.90. The first-order chi connectivity index (χ1) is 16.1. The largest absolute Gasteiger partial charge is 0.478 e. The number of likely N-dealkylation sites (tertiary alicyclic amines) is 1. The quantitative estimate of drug-likeness (QED) is 0.469. The third kappa shape index (κ3) is 4.40. The molecular formula is C26H25N3O4. The molecule has 168 valence electrons.